The minimum Gasteiger partial charge on any atom is -0.361 e. The molecule has 1 aromatic carbocycles. The van der Waals surface area contributed by atoms with E-state index in [9.17, 15) is 8.42 Å². The predicted octanol–water partition coefficient (Wildman–Crippen LogP) is 5.09. The highest BCUT2D eigenvalue weighted by molar-refractivity contribution is 7.88. The van der Waals surface area contributed by atoms with E-state index in [2.05, 4.69) is 34.3 Å². The molecule has 0 amide bonds. The van der Waals surface area contributed by atoms with Gasteiger partial charge in [-0.05, 0) is 62.3 Å². The molecule has 5 nitrogen and oxygen atoms in total. The third-order valence-corrected chi connectivity index (χ3v) is 7.73. The Morgan fingerprint density at radius 2 is 1.70 bits per heavy atom. The van der Waals surface area contributed by atoms with E-state index in [1.54, 1.807) is 0 Å². The van der Waals surface area contributed by atoms with E-state index < -0.39 is 10.0 Å². The van der Waals surface area contributed by atoms with Crippen molar-refractivity contribution >= 4 is 26.5 Å². The van der Waals surface area contributed by atoms with Crippen LogP contribution in [0.5, 0.6) is 0 Å². The number of thiazole rings is 1. The van der Waals surface area contributed by atoms with Crippen molar-refractivity contribution in [1.29, 1.82) is 0 Å². The second-order valence-electron chi connectivity index (χ2n) is 8.19. The summed E-state index contributed by atoms with van der Waals surface area (Å²) in [5.41, 5.74) is 3.90. The van der Waals surface area contributed by atoms with Gasteiger partial charge in [0.2, 0.25) is 10.0 Å². The quantitative estimate of drug-likeness (QED) is 0.644. The van der Waals surface area contributed by atoms with Crippen molar-refractivity contribution in [3.8, 4) is 11.3 Å². The number of rotatable bonds is 6. The molecule has 1 aromatic heterocycles. The Morgan fingerprint density at radius 3 is 2.40 bits per heavy atom. The highest BCUT2D eigenvalue weighted by Gasteiger charge is 2.23. The maximum Gasteiger partial charge on any atom is 0.208 e. The van der Waals surface area contributed by atoms with Gasteiger partial charge in [-0.3, -0.25) is 0 Å². The Hall–Kier alpha value is -1.44. The molecule has 2 aromatic rings. The number of benzene rings is 1. The maximum atomic E-state index is 11.3. The molecule has 4 rings (SSSR count). The van der Waals surface area contributed by atoms with Gasteiger partial charge in [0.1, 0.15) is 0 Å². The molecule has 7 heteroatoms. The number of aromatic nitrogens is 1. The van der Waals surface area contributed by atoms with Crippen molar-refractivity contribution in [3.63, 3.8) is 0 Å². The zero-order valence-corrected chi connectivity index (χ0v) is 20.0. The van der Waals surface area contributed by atoms with Crippen molar-refractivity contribution in [3.05, 3.63) is 34.7 Å². The summed E-state index contributed by atoms with van der Waals surface area (Å²) in [5, 5.41) is 4.63. The van der Waals surface area contributed by atoms with E-state index in [0.29, 0.717) is 18.4 Å². The van der Waals surface area contributed by atoms with Crippen LogP contribution in [0, 0.1) is 11.8 Å². The van der Waals surface area contributed by atoms with Crippen LogP contribution in [0.25, 0.3) is 11.3 Å². The Morgan fingerprint density at radius 1 is 1.03 bits per heavy atom. The van der Waals surface area contributed by atoms with E-state index in [1.165, 1.54) is 34.4 Å². The van der Waals surface area contributed by atoms with Gasteiger partial charge in [-0.1, -0.05) is 38.1 Å². The van der Waals surface area contributed by atoms with Crippen molar-refractivity contribution < 1.29 is 8.42 Å². The fraction of sp³-hybridized carbons (Fsp3) is 0.609. The lowest BCUT2D eigenvalue weighted by atomic mass is 9.82. The standard InChI is InChI=1S/C21H29N3O2S2.C2H6/c1-28(25,26)23-14-16-11-9-15(10-12-16)13-22-21-24-20-18-7-3-2-5-17(18)6-4-8-19(20)27-21;1-2/h2-3,5,7,15-16,23H,4,6,8-14H2,1H3,(H,22,24);1-2H3. The zero-order valence-electron chi connectivity index (χ0n) is 18.4. The number of sulfonamides is 1. The fourth-order valence-corrected chi connectivity index (χ4v) is 5.92. The monoisotopic (exact) mass is 449 g/mol. The third-order valence-electron chi connectivity index (χ3n) is 5.96. The van der Waals surface area contributed by atoms with Crippen LogP contribution in [0.2, 0.25) is 0 Å². The lowest BCUT2D eigenvalue weighted by Crippen LogP contribution is -2.31. The number of hydrogen-bond acceptors (Lipinski definition) is 5. The van der Waals surface area contributed by atoms with Gasteiger partial charge in [-0.25, -0.2) is 18.1 Å². The van der Waals surface area contributed by atoms with Crippen LogP contribution in [0.1, 0.15) is 56.4 Å². The molecule has 0 unspecified atom stereocenters. The molecule has 166 valence electrons. The van der Waals surface area contributed by atoms with Crippen molar-refractivity contribution in [1.82, 2.24) is 9.71 Å². The van der Waals surface area contributed by atoms with Gasteiger partial charge in [0.25, 0.3) is 0 Å². The summed E-state index contributed by atoms with van der Waals surface area (Å²) in [5.74, 6) is 1.11. The molecule has 0 spiro atoms. The van der Waals surface area contributed by atoms with Gasteiger partial charge >= 0.3 is 0 Å². The molecule has 2 aliphatic carbocycles. The molecule has 1 heterocycles. The normalized spacial score (nSPS) is 20.9. The highest BCUT2D eigenvalue weighted by atomic mass is 32.2. The van der Waals surface area contributed by atoms with Gasteiger partial charge in [0.05, 0.1) is 11.9 Å². The number of fused-ring (bicyclic) bond motifs is 3. The van der Waals surface area contributed by atoms with E-state index in [0.717, 1.165) is 50.2 Å². The second kappa shape index (κ2) is 10.7. The number of aryl methyl sites for hydroxylation is 2. The average Bonchev–Trinajstić information content (AvgIpc) is 3.08. The molecule has 1 fully saturated rings. The average molecular weight is 450 g/mol. The lowest BCUT2D eigenvalue weighted by Gasteiger charge is -2.28. The first-order valence-electron chi connectivity index (χ1n) is 11.2. The van der Waals surface area contributed by atoms with Crippen LogP contribution in [0.3, 0.4) is 0 Å². The van der Waals surface area contributed by atoms with Gasteiger partial charge in [0, 0.05) is 23.5 Å². The SMILES string of the molecule is CC.CS(=O)(=O)NCC1CCC(CNc2nc3c(s2)CCCc2ccccc2-3)CC1. The zero-order chi connectivity index (χ0) is 21.6. The summed E-state index contributed by atoms with van der Waals surface area (Å²) in [6.45, 7) is 5.54. The van der Waals surface area contributed by atoms with Crippen molar-refractivity contribution in [2.45, 2.75) is 58.8 Å². The largest absolute Gasteiger partial charge is 0.361 e. The van der Waals surface area contributed by atoms with Crippen LogP contribution >= 0.6 is 11.3 Å². The number of nitrogens with one attached hydrogen (secondary N) is 2. The Kier molecular flexibility index (Phi) is 8.31. The molecule has 0 aliphatic heterocycles. The summed E-state index contributed by atoms with van der Waals surface area (Å²) in [6.07, 6.45) is 9.16. The summed E-state index contributed by atoms with van der Waals surface area (Å²) >= 11 is 1.81. The molecule has 0 saturated heterocycles. The van der Waals surface area contributed by atoms with Crippen LogP contribution in [0.15, 0.2) is 24.3 Å². The van der Waals surface area contributed by atoms with E-state index in [-0.39, 0.29) is 0 Å². The Labute approximate surface area is 185 Å². The summed E-state index contributed by atoms with van der Waals surface area (Å²) in [7, 11) is -3.08. The number of anilines is 1. The van der Waals surface area contributed by atoms with Crippen molar-refractivity contribution in [2.75, 3.05) is 24.7 Å². The van der Waals surface area contributed by atoms with E-state index >= 15 is 0 Å². The van der Waals surface area contributed by atoms with E-state index in [4.69, 9.17) is 4.98 Å². The third kappa shape index (κ3) is 6.28. The molecule has 0 radical (unpaired) electrons. The summed E-state index contributed by atoms with van der Waals surface area (Å²) < 4.78 is 25.2. The van der Waals surface area contributed by atoms with Crippen LogP contribution < -0.4 is 10.0 Å². The second-order valence-corrected chi connectivity index (χ2v) is 11.1. The molecule has 2 N–H and O–H groups in total. The number of hydrogen-bond donors (Lipinski definition) is 2. The van der Waals surface area contributed by atoms with Gasteiger partial charge in [-0.15, -0.1) is 11.3 Å². The Bertz CT molecular complexity index is 916. The maximum absolute atomic E-state index is 11.3. The van der Waals surface area contributed by atoms with Gasteiger partial charge in [-0.2, -0.15) is 0 Å². The first-order valence-corrected chi connectivity index (χ1v) is 14.0. The van der Waals surface area contributed by atoms with E-state index in [1.807, 2.05) is 25.2 Å². The fourth-order valence-electron chi connectivity index (χ4n) is 4.36. The first kappa shape index (κ1) is 23.2. The molecule has 1 saturated carbocycles. The summed E-state index contributed by atoms with van der Waals surface area (Å²) in [4.78, 5) is 6.34. The highest BCUT2D eigenvalue weighted by Crippen LogP contribution is 2.37. The van der Waals surface area contributed by atoms with Crippen LogP contribution in [-0.2, 0) is 22.9 Å². The molecular weight excluding hydrogens is 414 g/mol. The molecular formula is C23H35N3O2S2. The number of nitrogens with zero attached hydrogens (tertiary/aromatic N) is 1. The predicted molar refractivity (Wildman–Crippen MR) is 128 cm³/mol. The topological polar surface area (TPSA) is 71.1 Å². The van der Waals surface area contributed by atoms with Crippen LogP contribution in [-0.4, -0.2) is 32.7 Å². The Balaban J connectivity index is 0.00000124. The van der Waals surface area contributed by atoms with Crippen LogP contribution in [0.4, 0.5) is 5.13 Å². The smallest absolute Gasteiger partial charge is 0.208 e. The van der Waals surface area contributed by atoms with Gasteiger partial charge < -0.3 is 5.32 Å². The van der Waals surface area contributed by atoms with Gasteiger partial charge in [0.15, 0.2) is 5.13 Å². The molecule has 30 heavy (non-hydrogen) atoms. The minimum atomic E-state index is -3.08. The minimum absolute atomic E-state index is 0.471. The van der Waals surface area contributed by atoms with Crippen molar-refractivity contribution in [2.24, 2.45) is 11.8 Å². The first-order chi connectivity index (χ1) is 14.5. The molecule has 0 atom stereocenters. The summed E-state index contributed by atoms with van der Waals surface area (Å²) in [6, 6.07) is 8.66. The molecule has 0 bridgehead atoms. The molecule has 2 aliphatic rings. The lowest BCUT2D eigenvalue weighted by molar-refractivity contribution is 0.284.